The van der Waals surface area contributed by atoms with E-state index < -0.39 is 4.92 Å². The normalized spacial score (nSPS) is 13.0. The van der Waals surface area contributed by atoms with Crippen LogP contribution in [0.5, 0.6) is 0 Å². The molecule has 0 saturated carbocycles. The van der Waals surface area contributed by atoms with Crippen LogP contribution < -0.4 is 5.32 Å². The van der Waals surface area contributed by atoms with Crippen LogP contribution in [0.2, 0.25) is 0 Å². The molecule has 0 spiro atoms. The molecule has 0 bridgehead atoms. The van der Waals surface area contributed by atoms with Crippen LogP contribution in [0.25, 0.3) is 0 Å². The molecule has 0 aromatic carbocycles. The molecule has 1 unspecified atom stereocenters. The highest BCUT2D eigenvalue weighted by atomic mass is 79.9. The van der Waals surface area contributed by atoms with Crippen molar-refractivity contribution < 1.29 is 4.92 Å². The Morgan fingerprint density at radius 2 is 2.09 bits per heavy atom. The summed E-state index contributed by atoms with van der Waals surface area (Å²) < 4.78 is 2.49. The van der Waals surface area contributed by atoms with E-state index in [1.165, 1.54) is 12.3 Å². The minimum absolute atomic E-state index is 0.0312. The van der Waals surface area contributed by atoms with Gasteiger partial charge in [-0.25, -0.2) is 4.98 Å². The monoisotopic (exact) mass is 381 g/mol. The highest BCUT2D eigenvalue weighted by Gasteiger charge is 2.20. The van der Waals surface area contributed by atoms with Gasteiger partial charge in [0.2, 0.25) is 0 Å². The fraction of sp³-hybridized carbons (Fsp3) is 0.467. The lowest BCUT2D eigenvalue weighted by Gasteiger charge is -2.19. The lowest BCUT2D eigenvalue weighted by molar-refractivity contribution is -0.385. The molecule has 7 nitrogen and oxygen atoms in total. The number of hydrogen-bond donors (Lipinski definition) is 1. The Morgan fingerprint density at radius 3 is 2.57 bits per heavy atom. The van der Waals surface area contributed by atoms with Crippen molar-refractivity contribution in [3.8, 4) is 0 Å². The van der Waals surface area contributed by atoms with Crippen molar-refractivity contribution in [3.63, 3.8) is 0 Å². The number of nitrogens with one attached hydrogen (secondary N) is 1. The van der Waals surface area contributed by atoms with E-state index in [1.54, 1.807) is 0 Å². The fourth-order valence-corrected chi connectivity index (χ4v) is 2.61. The van der Waals surface area contributed by atoms with Crippen molar-refractivity contribution in [3.05, 3.63) is 44.3 Å². The first-order chi connectivity index (χ1) is 10.6. The molecule has 124 valence electrons. The van der Waals surface area contributed by atoms with Crippen LogP contribution >= 0.6 is 15.9 Å². The van der Waals surface area contributed by atoms with Gasteiger partial charge >= 0.3 is 0 Å². The van der Waals surface area contributed by atoms with Crippen molar-refractivity contribution >= 4 is 27.4 Å². The largest absolute Gasteiger partial charge is 0.362 e. The van der Waals surface area contributed by atoms with Gasteiger partial charge in [0.05, 0.1) is 26.7 Å². The topological polar surface area (TPSA) is 85.9 Å². The number of hydrogen-bond acceptors (Lipinski definition) is 5. The first-order valence-electron chi connectivity index (χ1n) is 7.22. The SMILES string of the molecule is Cc1nn(C(C)(C)C)cc1C(C)Nc1ncc([N+](=O)[O-])cc1Br. The van der Waals surface area contributed by atoms with Crippen LogP contribution in [-0.4, -0.2) is 19.7 Å². The summed E-state index contributed by atoms with van der Waals surface area (Å²) in [6.07, 6.45) is 3.26. The number of halogens is 1. The summed E-state index contributed by atoms with van der Waals surface area (Å²) in [6, 6.07) is 1.41. The Labute approximate surface area is 143 Å². The second kappa shape index (κ2) is 6.27. The average molecular weight is 382 g/mol. The maximum Gasteiger partial charge on any atom is 0.288 e. The molecule has 0 saturated heterocycles. The first kappa shape index (κ1) is 17.4. The molecule has 2 aromatic heterocycles. The lowest BCUT2D eigenvalue weighted by Crippen LogP contribution is -2.22. The lowest BCUT2D eigenvalue weighted by atomic mass is 10.1. The van der Waals surface area contributed by atoms with Gasteiger partial charge in [0, 0.05) is 17.8 Å². The van der Waals surface area contributed by atoms with Crippen molar-refractivity contribution in [2.75, 3.05) is 5.32 Å². The molecule has 0 aliphatic carbocycles. The van der Waals surface area contributed by atoms with Crippen LogP contribution in [0.1, 0.15) is 45.0 Å². The minimum atomic E-state index is -0.470. The zero-order chi connectivity index (χ0) is 17.4. The van der Waals surface area contributed by atoms with Gasteiger partial charge in [-0.2, -0.15) is 5.10 Å². The number of pyridine rings is 1. The van der Waals surface area contributed by atoms with Gasteiger partial charge in [0.1, 0.15) is 12.0 Å². The smallest absolute Gasteiger partial charge is 0.288 e. The van der Waals surface area contributed by atoms with E-state index in [0.29, 0.717) is 10.3 Å². The van der Waals surface area contributed by atoms with Crippen LogP contribution in [0, 0.1) is 17.0 Å². The van der Waals surface area contributed by atoms with Crippen LogP contribution in [0.15, 0.2) is 22.9 Å². The van der Waals surface area contributed by atoms with Crippen molar-refractivity contribution in [1.29, 1.82) is 0 Å². The molecular weight excluding hydrogens is 362 g/mol. The number of nitro groups is 1. The number of aryl methyl sites for hydroxylation is 1. The second-order valence-electron chi connectivity index (χ2n) is 6.43. The standard InChI is InChI=1S/C15H20BrN5O2/c1-9(12-8-20(15(3,4)5)19-10(12)2)18-14-13(16)6-11(7-17-14)21(22)23/h6-9H,1-5H3,(H,17,18). The maximum atomic E-state index is 10.8. The predicted molar refractivity (Wildman–Crippen MR) is 92.6 cm³/mol. The third kappa shape index (κ3) is 3.87. The van der Waals surface area contributed by atoms with E-state index in [-0.39, 0.29) is 17.3 Å². The molecule has 2 rings (SSSR count). The molecule has 23 heavy (non-hydrogen) atoms. The van der Waals surface area contributed by atoms with Gasteiger partial charge in [-0.05, 0) is 50.5 Å². The summed E-state index contributed by atoms with van der Waals surface area (Å²) in [5, 5.41) is 18.6. The molecule has 8 heteroatoms. The average Bonchev–Trinajstić information content (AvgIpc) is 2.83. The molecule has 1 N–H and O–H groups in total. The summed E-state index contributed by atoms with van der Waals surface area (Å²) in [7, 11) is 0. The Kier molecular flexibility index (Phi) is 4.74. The van der Waals surface area contributed by atoms with Crippen LogP contribution in [0.3, 0.4) is 0 Å². The van der Waals surface area contributed by atoms with E-state index in [1.807, 2.05) is 24.7 Å². The van der Waals surface area contributed by atoms with Gasteiger partial charge < -0.3 is 5.32 Å². The number of rotatable bonds is 4. The second-order valence-corrected chi connectivity index (χ2v) is 7.29. The Hall–Kier alpha value is -1.96. The van der Waals surface area contributed by atoms with Crippen LogP contribution in [-0.2, 0) is 5.54 Å². The van der Waals surface area contributed by atoms with Crippen LogP contribution in [0.4, 0.5) is 11.5 Å². The van der Waals surface area contributed by atoms with Gasteiger partial charge in [-0.3, -0.25) is 14.8 Å². The molecule has 0 aliphatic rings. The fourth-order valence-electron chi connectivity index (χ4n) is 2.16. The number of aromatic nitrogens is 3. The molecular formula is C15H20BrN5O2. The van der Waals surface area contributed by atoms with E-state index >= 15 is 0 Å². The minimum Gasteiger partial charge on any atom is -0.362 e. The molecule has 0 amide bonds. The number of nitrogens with zero attached hydrogens (tertiary/aromatic N) is 4. The Balaban J connectivity index is 2.24. The van der Waals surface area contributed by atoms with E-state index in [0.717, 1.165) is 11.3 Å². The zero-order valence-electron chi connectivity index (χ0n) is 13.8. The molecule has 0 aliphatic heterocycles. The molecule has 0 radical (unpaired) electrons. The van der Waals surface area contributed by atoms with E-state index in [9.17, 15) is 10.1 Å². The third-order valence-electron chi connectivity index (χ3n) is 3.48. The summed E-state index contributed by atoms with van der Waals surface area (Å²) in [5.41, 5.74) is 1.87. The highest BCUT2D eigenvalue weighted by Crippen LogP contribution is 2.29. The van der Waals surface area contributed by atoms with Gasteiger partial charge in [0.25, 0.3) is 5.69 Å². The van der Waals surface area contributed by atoms with Crippen molar-refractivity contribution in [2.45, 2.75) is 46.2 Å². The van der Waals surface area contributed by atoms with E-state index in [2.05, 4.69) is 52.1 Å². The Morgan fingerprint density at radius 1 is 1.43 bits per heavy atom. The zero-order valence-corrected chi connectivity index (χ0v) is 15.4. The summed E-state index contributed by atoms with van der Waals surface area (Å²) in [4.78, 5) is 14.4. The predicted octanol–water partition coefficient (Wildman–Crippen LogP) is 4.19. The van der Waals surface area contributed by atoms with Gasteiger partial charge in [-0.15, -0.1) is 0 Å². The Bertz CT molecular complexity index is 736. The molecule has 2 aromatic rings. The molecule has 0 fully saturated rings. The van der Waals surface area contributed by atoms with Crippen molar-refractivity contribution in [1.82, 2.24) is 14.8 Å². The third-order valence-corrected chi connectivity index (χ3v) is 4.09. The van der Waals surface area contributed by atoms with Gasteiger partial charge in [-0.1, -0.05) is 0 Å². The van der Waals surface area contributed by atoms with E-state index in [4.69, 9.17) is 0 Å². The first-order valence-corrected chi connectivity index (χ1v) is 8.02. The highest BCUT2D eigenvalue weighted by molar-refractivity contribution is 9.10. The molecule has 2 heterocycles. The molecule has 1 atom stereocenters. The summed E-state index contributed by atoms with van der Waals surface area (Å²) in [6.45, 7) is 10.3. The number of anilines is 1. The maximum absolute atomic E-state index is 10.8. The summed E-state index contributed by atoms with van der Waals surface area (Å²) >= 11 is 3.32. The summed E-state index contributed by atoms with van der Waals surface area (Å²) in [5.74, 6) is 0.561. The van der Waals surface area contributed by atoms with Crippen molar-refractivity contribution in [2.24, 2.45) is 0 Å². The van der Waals surface area contributed by atoms with Gasteiger partial charge in [0.15, 0.2) is 0 Å². The quantitative estimate of drug-likeness (QED) is 0.633.